The lowest BCUT2D eigenvalue weighted by atomic mass is 10.0. The van der Waals surface area contributed by atoms with Crippen molar-refractivity contribution in [2.45, 2.75) is 19.1 Å². The van der Waals surface area contributed by atoms with Crippen LogP contribution in [0, 0.1) is 0 Å². The van der Waals surface area contributed by atoms with Crippen LogP contribution >= 0.6 is 34.8 Å². The first-order valence-electron chi connectivity index (χ1n) is 5.08. The normalized spacial score (nSPS) is 14.1. The topological polar surface area (TPSA) is 69.6 Å². The van der Waals surface area contributed by atoms with Gasteiger partial charge in [0.05, 0.1) is 15.1 Å². The monoisotopic (exact) mass is 311 g/mol. The third-order valence-corrected chi connectivity index (χ3v) is 3.47. The average Bonchev–Trinajstić information content (AvgIpc) is 2.31. The second-order valence-corrected chi connectivity index (χ2v) is 4.94. The maximum Gasteiger partial charge on any atom is 0.216 e. The summed E-state index contributed by atoms with van der Waals surface area (Å²) in [6.07, 6.45) is -2.38. The minimum Gasteiger partial charge on any atom is -0.388 e. The van der Waals surface area contributed by atoms with Crippen LogP contribution in [0.5, 0.6) is 0 Å². The van der Waals surface area contributed by atoms with Crippen LogP contribution < -0.4 is 5.32 Å². The fraction of sp³-hybridized carbons (Fsp3) is 0.364. The number of aliphatic hydroxyl groups is 2. The number of rotatable bonds is 4. The predicted molar refractivity (Wildman–Crippen MR) is 71.1 cm³/mol. The van der Waals surface area contributed by atoms with E-state index in [0.717, 1.165) is 0 Å². The van der Waals surface area contributed by atoms with Crippen LogP contribution in [-0.4, -0.2) is 28.8 Å². The number of hydrogen-bond acceptors (Lipinski definition) is 3. The number of amides is 1. The van der Waals surface area contributed by atoms with Gasteiger partial charge in [0.2, 0.25) is 5.91 Å². The Morgan fingerprint density at radius 1 is 1.28 bits per heavy atom. The van der Waals surface area contributed by atoms with E-state index in [0.29, 0.717) is 5.56 Å². The van der Waals surface area contributed by atoms with Gasteiger partial charge in [-0.15, -0.1) is 0 Å². The van der Waals surface area contributed by atoms with E-state index in [4.69, 9.17) is 34.8 Å². The van der Waals surface area contributed by atoms with Gasteiger partial charge < -0.3 is 15.5 Å². The first kappa shape index (κ1) is 15.5. The van der Waals surface area contributed by atoms with Gasteiger partial charge in [-0.3, -0.25) is 4.79 Å². The first-order chi connectivity index (χ1) is 8.32. The Kier molecular flexibility index (Phi) is 5.69. The van der Waals surface area contributed by atoms with E-state index in [1.54, 1.807) is 0 Å². The highest BCUT2D eigenvalue weighted by atomic mass is 35.5. The van der Waals surface area contributed by atoms with Gasteiger partial charge in [-0.05, 0) is 17.7 Å². The number of aliphatic hydroxyl groups excluding tert-OH is 2. The summed E-state index contributed by atoms with van der Waals surface area (Å²) in [6.45, 7) is 1.24. The average molecular weight is 313 g/mol. The largest absolute Gasteiger partial charge is 0.388 e. The summed E-state index contributed by atoms with van der Waals surface area (Å²) in [5.41, 5.74) is 0.326. The lowest BCUT2D eigenvalue weighted by molar-refractivity contribution is -0.119. The van der Waals surface area contributed by atoms with Crippen molar-refractivity contribution >= 4 is 40.7 Å². The van der Waals surface area contributed by atoms with Gasteiger partial charge in [0, 0.05) is 13.5 Å². The molecule has 0 saturated heterocycles. The van der Waals surface area contributed by atoms with Crippen molar-refractivity contribution in [3.05, 3.63) is 32.8 Å². The molecular weight excluding hydrogens is 300 g/mol. The molecule has 18 heavy (non-hydrogen) atoms. The Morgan fingerprint density at radius 3 is 2.22 bits per heavy atom. The van der Waals surface area contributed by atoms with Crippen molar-refractivity contribution in [2.75, 3.05) is 6.54 Å². The molecule has 2 atom stereocenters. The number of halogens is 3. The highest BCUT2D eigenvalue weighted by Crippen LogP contribution is 2.33. The van der Waals surface area contributed by atoms with Crippen LogP contribution in [0.25, 0.3) is 0 Å². The Hall–Kier alpha value is -0.520. The maximum absolute atomic E-state index is 10.7. The minimum absolute atomic E-state index is 0.0750. The van der Waals surface area contributed by atoms with E-state index in [1.165, 1.54) is 19.1 Å². The standard InChI is InChI=1S/C11H12Cl3NO3/c1-5(16)15-4-9(17)11(18)6-2-7(12)10(14)8(13)3-6/h2-3,9,11,17-18H,4H2,1H3,(H,15,16). The molecule has 7 heteroatoms. The highest BCUT2D eigenvalue weighted by molar-refractivity contribution is 6.48. The fourth-order valence-electron chi connectivity index (χ4n) is 1.33. The van der Waals surface area contributed by atoms with Crippen LogP contribution in [0.2, 0.25) is 15.1 Å². The molecule has 0 aliphatic heterocycles. The minimum atomic E-state index is -1.22. The summed E-state index contributed by atoms with van der Waals surface area (Å²) in [6, 6.07) is 2.83. The molecule has 0 aromatic heterocycles. The lowest BCUT2D eigenvalue weighted by Crippen LogP contribution is -2.34. The quantitative estimate of drug-likeness (QED) is 0.746. The second-order valence-electron chi connectivity index (χ2n) is 3.75. The molecule has 4 nitrogen and oxygen atoms in total. The molecule has 1 amide bonds. The predicted octanol–water partition coefficient (Wildman–Crippen LogP) is 2.18. The van der Waals surface area contributed by atoms with Crippen molar-refractivity contribution < 1.29 is 15.0 Å². The molecule has 0 saturated carbocycles. The van der Waals surface area contributed by atoms with Gasteiger partial charge >= 0.3 is 0 Å². The van der Waals surface area contributed by atoms with Crippen LogP contribution in [0.3, 0.4) is 0 Å². The van der Waals surface area contributed by atoms with Gasteiger partial charge in [-0.1, -0.05) is 34.8 Å². The molecule has 2 unspecified atom stereocenters. The van der Waals surface area contributed by atoms with Crippen molar-refractivity contribution in [3.8, 4) is 0 Å². The molecule has 3 N–H and O–H groups in total. The zero-order valence-corrected chi connectivity index (χ0v) is 11.7. The Balaban J connectivity index is 2.83. The fourth-order valence-corrected chi connectivity index (χ4v) is 1.94. The molecular formula is C11H12Cl3NO3. The van der Waals surface area contributed by atoms with E-state index in [2.05, 4.69) is 5.32 Å². The van der Waals surface area contributed by atoms with Gasteiger partial charge in [-0.25, -0.2) is 0 Å². The molecule has 0 bridgehead atoms. The molecule has 0 aliphatic rings. The maximum atomic E-state index is 10.7. The summed E-state index contributed by atoms with van der Waals surface area (Å²) in [7, 11) is 0. The van der Waals surface area contributed by atoms with E-state index in [-0.39, 0.29) is 27.5 Å². The molecule has 0 fully saturated rings. The van der Waals surface area contributed by atoms with E-state index < -0.39 is 12.2 Å². The number of carbonyl (C=O) groups is 1. The summed E-state index contributed by atoms with van der Waals surface area (Å²) < 4.78 is 0. The number of carbonyl (C=O) groups excluding carboxylic acids is 1. The Bertz CT molecular complexity index is 430. The van der Waals surface area contributed by atoms with Gasteiger partial charge in [0.1, 0.15) is 12.2 Å². The summed E-state index contributed by atoms with van der Waals surface area (Å²) in [5, 5.41) is 22.5. The molecule has 0 aliphatic carbocycles. The molecule has 1 aromatic carbocycles. The van der Waals surface area contributed by atoms with Crippen LogP contribution in [0.1, 0.15) is 18.6 Å². The van der Waals surface area contributed by atoms with Crippen LogP contribution in [0.4, 0.5) is 0 Å². The van der Waals surface area contributed by atoms with Gasteiger partial charge in [0.15, 0.2) is 0 Å². The molecule has 0 spiro atoms. The van der Waals surface area contributed by atoms with E-state index >= 15 is 0 Å². The lowest BCUT2D eigenvalue weighted by Gasteiger charge is -2.19. The summed E-state index contributed by atoms with van der Waals surface area (Å²) in [5.74, 6) is -0.298. The smallest absolute Gasteiger partial charge is 0.216 e. The van der Waals surface area contributed by atoms with Crippen molar-refractivity contribution in [2.24, 2.45) is 0 Å². The zero-order valence-electron chi connectivity index (χ0n) is 9.45. The second kappa shape index (κ2) is 6.59. The van der Waals surface area contributed by atoms with Gasteiger partial charge in [0.25, 0.3) is 0 Å². The highest BCUT2D eigenvalue weighted by Gasteiger charge is 2.20. The SMILES string of the molecule is CC(=O)NCC(O)C(O)c1cc(Cl)c(Cl)c(Cl)c1. The van der Waals surface area contributed by atoms with Crippen molar-refractivity contribution in [1.29, 1.82) is 0 Å². The van der Waals surface area contributed by atoms with Crippen LogP contribution in [-0.2, 0) is 4.79 Å². The summed E-state index contributed by atoms with van der Waals surface area (Å²) >= 11 is 17.4. The first-order valence-corrected chi connectivity index (χ1v) is 6.21. The molecule has 1 aromatic rings. The Labute approximate surface area is 119 Å². The summed E-state index contributed by atoms with van der Waals surface area (Å²) in [4.78, 5) is 10.7. The van der Waals surface area contributed by atoms with Crippen molar-refractivity contribution in [3.63, 3.8) is 0 Å². The third-order valence-electron chi connectivity index (χ3n) is 2.27. The number of benzene rings is 1. The van der Waals surface area contributed by atoms with E-state index in [1.807, 2.05) is 0 Å². The zero-order chi connectivity index (χ0) is 13.9. The Morgan fingerprint density at radius 2 is 1.78 bits per heavy atom. The number of hydrogen-bond donors (Lipinski definition) is 3. The number of nitrogens with one attached hydrogen (secondary N) is 1. The molecule has 0 radical (unpaired) electrons. The van der Waals surface area contributed by atoms with Crippen LogP contribution in [0.15, 0.2) is 12.1 Å². The molecule has 100 valence electrons. The molecule has 0 heterocycles. The molecule has 1 rings (SSSR count). The van der Waals surface area contributed by atoms with Gasteiger partial charge in [-0.2, -0.15) is 0 Å². The third kappa shape index (κ3) is 4.00. The van der Waals surface area contributed by atoms with Crippen molar-refractivity contribution in [1.82, 2.24) is 5.32 Å². The van der Waals surface area contributed by atoms with E-state index in [9.17, 15) is 15.0 Å².